The third-order valence-electron chi connectivity index (χ3n) is 2.97. The number of rotatable bonds is 8. The van der Waals surface area contributed by atoms with Gasteiger partial charge in [-0.3, -0.25) is 4.79 Å². The van der Waals surface area contributed by atoms with E-state index in [2.05, 4.69) is 24.1 Å². The van der Waals surface area contributed by atoms with E-state index in [4.69, 9.17) is 4.74 Å². The van der Waals surface area contributed by atoms with Crippen LogP contribution in [0.4, 0.5) is 0 Å². The molecular weight excluding hydrogens is 316 g/mol. The number of aromatic nitrogens is 1. The number of carbonyl (C=O) groups is 1. The first-order valence-corrected chi connectivity index (χ1v) is 9.19. The van der Waals surface area contributed by atoms with Gasteiger partial charge in [0, 0.05) is 30.7 Å². The maximum Gasteiger partial charge on any atom is 0.263 e. The van der Waals surface area contributed by atoms with Crippen LogP contribution in [0.2, 0.25) is 0 Å². The summed E-state index contributed by atoms with van der Waals surface area (Å²) < 4.78 is 5.50. The van der Waals surface area contributed by atoms with Crippen LogP contribution in [-0.4, -0.2) is 30.6 Å². The number of thiophene rings is 1. The molecule has 0 unspecified atom stereocenters. The van der Waals surface area contributed by atoms with Gasteiger partial charge in [0.05, 0.1) is 5.69 Å². The molecule has 0 aliphatic carbocycles. The van der Waals surface area contributed by atoms with Crippen molar-refractivity contribution in [1.82, 2.24) is 10.3 Å². The van der Waals surface area contributed by atoms with E-state index >= 15 is 0 Å². The van der Waals surface area contributed by atoms with Gasteiger partial charge in [-0.15, -0.1) is 11.3 Å². The molecule has 4 nitrogen and oxygen atoms in total. The van der Waals surface area contributed by atoms with Gasteiger partial charge < -0.3 is 10.1 Å². The number of ether oxygens (including phenoxy) is 1. The van der Waals surface area contributed by atoms with Gasteiger partial charge in [-0.25, -0.2) is 4.98 Å². The molecule has 1 amide bonds. The Balaban J connectivity index is 1.80. The van der Waals surface area contributed by atoms with Crippen LogP contribution in [0.15, 0.2) is 16.8 Å². The lowest BCUT2D eigenvalue weighted by Gasteiger charge is -2.07. The highest BCUT2D eigenvalue weighted by Gasteiger charge is 2.15. The second-order valence-electron chi connectivity index (χ2n) is 5.52. The maximum atomic E-state index is 12.2. The number of thiazole rings is 1. The first-order chi connectivity index (χ1) is 10.6. The molecule has 22 heavy (non-hydrogen) atoms. The minimum atomic E-state index is -0.0414. The van der Waals surface area contributed by atoms with E-state index in [-0.39, 0.29) is 5.91 Å². The highest BCUT2D eigenvalue weighted by molar-refractivity contribution is 7.17. The molecule has 6 heteroatoms. The van der Waals surface area contributed by atoms with Crippen molar-refractivity contribution >= 4 is 28.6 Å². The van der Waals surface area contributed by atoms with Crippen LogP contribution in [0.25, 0.3) is 10.6 Å². The summed E-state index contributed by atoms with van der Waals surface area (Å²) in [7, 11) is 0. The van der Waals surface area contributed by atoms with Crippen molar-refractivity contribution in [1.29, 1.82) is 0 Å². The molecule has 0 bridgehead atoms. The van der Waals surface area contributed by atoms with Gasteiger partial charge in [-0.1, -0.05) is 13.8 Å². The van der Waals surface area contributed by atoms with E-state index in [1.807, 2.05) is 23.8 Å². The largest absolute Gasteiger partial charge is 0.381 e. The Bertz CT molecular complexity index is 591. The SMILES string of the molecule is Cc1nc(-c2ccsc2)sc1C(=O)NCCCOCC(C)C. The topological polar surface area (TPSA) is 51.2 Å². The standard InChI is InChI=1S/C16H22N2O2S2/c1-11(2)9-20-7-4-6-17-15(19)14-12(3)18-16(22-14)13-5-8-21-10-13/h5,8,10-11H,4,6-7,9H2,1-3H3,(H,17,19). The van der Waals surface area contributed by atoms with Crippen LogP contribution in [0, 0.1) is 12.8 Å². The number of nitrogens with zero attached hydrogens (tertiary/aromatic N) is 1. The summed E-state index contributed by atoms with van der Waals surface area (Å²) in [4.78, 5) is 17.4. The van der Waals surface area contributed by atoms with E-state index in [9.17, 15) is 4.79 Å². The zero-order valence-electron chi connectivity index (χ0n) is 13.2. The maximum absolute atomic E-state index is 12.2. The minimum absolute atomic E-state index is 0.0414. The van der Waals surface area contributed by atoms with Crippen LogP contribution < -0.4 is 5.32 Å². The minimum Gasteiger partial charge on any atom is -0.381 e. The summed E-state index contributed by atoms with van der Waals surface area (Å²) >= 11 is 3.08. The fourth-order valence-corrected chi connectivity index (χ4v) is 3.59. The number of carbonyl (C=O) groups excluding carboxylic acids is 1. The van der Waals surface area contributed by atoms with Crippen molar-refractivity contribution in [3.8, 4) is 10.6 Å². The van der Waals surface area contributed by atoms with Crippen LogP contribution in [-0.2, 0) is 4.74 Å². The summed E-state index contributed by atoms with van der Waals surface area (Å²) in [5.41, 5.74) is 1.87. The molecule has 1 N–H and O–H groups in total. The van der Waals surface area contributed by atoms with Crippen LogP contribution >= 0.6 is 22.7 Å². The fourth-order valence-electron chi connectivity index (χ4n) is 1.89. The van der Waals surface area contributed by atoms with Crippen LogP contribution in [0.1, 0.15) is 35.6 Å². The van der Waals surface area contributed by atoms with Gasteiger partial charge in [0.25, 0.3) is 5.91 Å². The molecule has 0 atom stereocenters. The van der Waals surface area contributed by atoms with E-state index < -0.39 is 0 Å². The molecule has 0 radical (unpaired) electrons. The van der Waals surface area contributed by atoms with Crippen molar-refractivity contribution in [2.45, 2.75) is 27.2 Å². The molecule has 2 aromatic heterocycles. The summed E-state index contributed by atoms with van der Waals surface area (Å²) in [6.07, 6.45) is 0.827. The number of hydrogen-bond acceptors (Lipinski definition) is 5. The quantitative estimate of drug-likeness (QED) is 0.741. The predicted octanol–water partition coefficient (Wildman–Crippen LogP) is 3.97. The Morgan fingerprint density at radius 1 is 1.45 bits per heavy atom. The monoisotopic (exact) mass is 338 g/mol. The number of amides is 1. The average molecular weight is 338 g/mol. The number of aryl methyl sites for hydroxylation is 1. The summed E-state index contributed by atoms with van der Waals surface area (Å²) in [5.74, 6) is 0.505. The fraction of sp³-hybridized carbons (Fsp3) is 0.500. The van der Waals surface area contributed by atoms with Crippen molar-refractivity contribution in [3.05, 3.63) is 27.4 Å². The van der Waals surface area contributed by atoms with Crippen molar-refractivity contribution in [3.63, 3.8) is 0 Å². The summed E-state index contributed by atoms with van der Waals surface area (Å²) in [5, 5.41) is 7.91. The smallest absolute Gasteiger partial charge is 0.263 e. The Morgan fingerprint density at radius 2 is 2.27 bits per heavy atom. The Morgan fingerprint density at radius 3 is 2.95 bits per heavy atom. The van der Waals surface area contributed by atoms with Gasteiger partial charge in [-0.2, -0.15) is 11.3 Å². The summed E-state index contributed by atoms with van der Waals surface area (Å²) in [6.45, 7) is 8.21. The normalized spacial score (nSPS) is 11.1. The van der Waals surface area contributed by atoms with Crippen molar-refractivity contribution in [2.24, 2.45) is 5.92 Å². The molecule has 2 rings (SSSR count). The van der Waals surface area contributed by atoms with Gasteiger partial charge >= 0.3 is 0 Å². The molecule has 120 valence electrons. The average Bonchev–Trinajstić information content (AvgIpc) is 3.11. The summed E-state index contributed by atoms with van der Waals surface area (Å²) in [6, 6.07) is 2.02. The Kier molecular flexibility index (Phi) is 6.54. The molecule has 0 saturated heterocycles. The molecule has 0 spiro atoms. The van der Waals surface area contributed by atoms with Gasteiger partial charge in [-0.05, 0) is 30.7 Å². The molecule has 2 aromatic rings. The lowest BCUT2D eigenvalue weighted by atomic mass is 10.2. The second kappa shape index (κ2) is 8.41. The first kappa shape index (κ1) is 17.1. The second-order valence-corrected chi connectivity index (χ2v) is 7.30. The number of nitrogens with one attached hydrogen (secondary N) is 1. The molecule has 0 aromatic carbocycles. The zero-order chi connectivity index (χ0) is 15.9. The van der Waals surface area contributed by atoms with Gasteiger partial charge in [0.1, 0.15) is 9.88 Å². The molecule has 0 saturated carbocycles. The van der Waals surface area contributed by atoms with E-state index in [1.54, 1.807) is 11.3 Å². The van der Waals surface area contributed by atoms with Crippen molar-refractivity contribution in [2.75, 3.05) is 19.8 Å². The highest BCUT2D eigenvalue weighted by Crippen LogP contribution is 2.29. The van der Waals surface area contributed by atoms with Crippen molar-refractivity contribution < 1.29 is 9.53 Å². The molecule has 0 aliphatic rings. The number of hydrogen-bond donors (Lipinski definition) is 1. The van der Waals surface area contributed by atoms with Crippen LogP contribution in [0.5, 0.6) is 0 Å². The predicted molar refractivity (Wildman–Crippen MR) is 92.8 cm³/mol. The lowest BCUT2D eigenvalue weighted by molar-refractivity contribution is 0.0928. The third kappa shape index (κ3) is 4.90. The molecule has 2 heterocycles. The highest BCUT2D eigenvalue weighted by atomic mass is 32.1. The molecular formula is C16H22N2O2S2. The third-order valence-corrected chi connectivity index (χ3v) is 4.86. The Labute approximate surface area is 139 Å². The van der Waals surface area contributed by atoms with Crippen LogP contribution in [0.3, 0.4) is 0 Å². The van der Waals surface area contributed by atoms with E-state index in [1.165, 1.54) is 11.3 Å². The lowest BCUT2D eigenvalue weighted by Crippen LogP contribution is -2.25. The Hall–Kier alpha value is -1.24. The first-order valence-electron chi connectivity index (χ1n) is 7.44. The van der Waals surface area contributed by atoms with E-state index in [0.29, 0.717) is 23.9 Å². The van der Waals surface area contributed by atoms with Gasteiger partial charge in [0.15, 0.2) is 0 Å². The van der Waals surface area contributed by atoms with Gasteiger partial charge in [0.2, 0.25) is 0 Å². The zero-order valence-corrected chi connectivity index (χ0v) is 14.9. The van der Waals surface area contributed by atoms with E-state index in [0.717, 1.165) is 29.3 Å². The molecule has 0 aliphatic heterocycles. The molecule has 0 fully saturated rings.